The molecular formula is C23H16Cl2N2O2. The van der Waals surface area contributed by atoms with Gasteiger partial charge in [0.15, 0.2) is 5.69 Å². The summed E-state index contributed by atoms with van der Waals surface area (Å²) in [6.45, 7) is 0. The number of hydrogen-bond donors (Lipinski definition) is 1. The summed E-state index contributed by atoms with van der Waals surface area (Å²) >= 11 is 12.4. The molecule has 0 amide bonds. The molecule has 0 radical (unpaired) electrons. The third kappa shape index (κ3) is 4.04. The fourth-order valence-electron chi connectivity index (χ4n) is 3.31. The molecule has 1 heterocycles. The third-order valence-corrected chi connectivity index (χ3v) is 4.99. The number of aromatic nitrogens is 2. The van der Waals surface area contributed by atoms with Gasteiger partial charge in [-0.25, -0.2) is 9.78 Å². The quantitative estimate of drug-likeness (QED) is 0.420. The van der Waals surface area contributed by atoms with Gasteiger partial charge < -0.3 is 5.11 Å². The first-order chi connectivity index (χ1) is 14.0. The molecule has 0 saturated carbocycles. The summed E-state index contributed by atoms with van der Waals surface area (Å²) < 4.78 is 1.84. The summed E-state index contributed by atoms with van der Waals surface area (Å²) in [5.74, 6) is -0.499. The van der Waals surface area contributed by atoms with Gasteiger partial charge in [-0.3, -0.25) is 4.57 Å². The molecule has 4 aromatic rings. The molecule has 1 N–H and O–H groups in total. The molecule has 4 nitrogen and oxygen atoms in total. The maximum absolute atomic E-state index is 12.1. The highest BCUT2D eigenvalue weighted by Gasteiger charge is 2.24. The second-order valence-electron chi connectivity index (χ2n) is 6.52. The number of benzene rings is 3. The van der Waals surface area contributed by atoms with Crippen molar-refractivity contribution in [3.8, 4) is 16.9 Å². The van der Waals surface area contributed by atoms with E-state index in [0.29, 0.717) is 33.5 Å². The van der Waals surface area contributed by atoms with Crippen molar-refractivity contribution in [1.82, 2.24) is 9.55 Å². The Labute approximate surface area is 178 Å². The smallest absolute Gasteiger partial charge is 0.356 e. The maximum Gasteiger partial charge on any atom is 0.356 e. The van der Waals surface area contributed by atoms with Crippen LogP contribution in [0.15, 0.2) is 78.9 Å². The Morgan fingerprint density at radius 2 is 1.59 bits per heavy atom. The SMILES string of the molecule is O=C(O)c1nc(Cc2ccccc2)n(-c2cccc(Cl)c2)c1-c1cccc(Cl)c1. The molecular weight excluding hydrogens is 407 g/mol. The normalized spacial score (nSPS) is 10.8. The molecule has 0 aliphatic heterocycles. The van der Waals surface area contributed by atoms with Gasteiger partial charge in [0.2, 0.25) is 0 Å². The van der Waals surface area contributed by atoms with Gasteiger partial charge in [0, 0.05) is 27.7 Å². The van der Waals surface area contributed by atoms with Gasteiger partial charge in [-0.2, -0.15) is 0 Å². The zero-order chi connectivity index (χ0) is 20.4. The fourth-order valence-corrected chi connectivity index (χ4v) is 3.68. The monoisotopic (exact) mass is 422 g/mol. The highest BCUT2D eigenvalue weighted by molar-refractivity contribution is 6.31. The molecule has 0 bridgehead atoms. The van der Waals surface area contributed by atoms with E-state index >= 15 is 0 Å². The Morgan fingerprint density at radius 1 is 0.897 bits per heavy atom. The highest BCUT2D eigenvalue weighted by atomic mass is 35.5. The van der Waals surface area contributed by atoms with E-state index < -0.39 is 5.97 Å². The maximum atomic E-state index is 12.1. The van der Waals surface area contributed by atoms with Crippen molar-refractivity contribution >= 4 is 29.2 Å². The van der Waals surface area contributed by atoms with Crippen LogP contribution >= 0.6 is 23.2 Å². The van der Waals surface area contributed by atoms with E-state index in [-0.39, 0.29) is 5.69 Å². The summed E-state index contributed by atoms with van der Waals surface area (Å²) in [6.07, 6.45) is 0.466. The van der Waals surface area contributed by atoms with Crippen LogP contribution in [0.5, 0.6) is 0 Å². The van der Waals surface area contributed by atoms with E-state index in [1.807, 2.05) is 53.1 Å². The second-order valence-corrected chi connectivity index (χ2v) is 7.39. The van der Waals surface area contributed by atoms with Crippen LogP contribution < -0.4 is 0 Å². The number of nitrogens with zero attached hydrogens (tertiary/aromatic N) is 2. The number of imidazole rings is 1. The number of carboxylic acid groups (broad SMARTS) is 1. The van der Waals surface area contributed by atoms with Crippen LogP contribution in [0.3, 0.4) is 0 Å². The summed E-state index contributed by atoms with van der Waals surface area (Å²) in [7, 11) is 0. The van der Waals surface area contributed by atoms with Gasteiger partial charge in [0.25, 0.3) is 0 Å². The van der Waals surface area contributed by atoms with Crippen molar-refractivity contribution in [2.24, 2.45) is 0 Å². The number of rotatable bonds is 5. The molecule has 0 aliphatic carbocycles. The molecule has 0 atom stereocenters. The van der Waals surface area contributed by atoms with Crippen molar-refractivity contribution in [1.29, 1.82) is 0 Å². The van der Waals surface area contributed by atoms with Gasteiger partial charge in [-0.1, -0.05) is 71.7 Å². The van der Waals surface area contributed by atoms with Crippen LogP contribution in [0.25, 0.3) is 16.9 Å². The molecule has 0 spiro atoms. The van der Waals surface area contributed by atoms with E-state index in [0.717, 1.165) is 11.3 Å². The largest absolute Gasteiger partial charge is 0.476 e. The highest BCUT2D eigenvalue weighted by Crippen LogP contribution is 2.32. The zero-order valence-corrected chi connectivity index (χ0v) is 16.7. The Morgan fingerprint density at radius 3 is 2.24 bits per heavy atom. The Hall–Kier alpha value is -3.08. The van der Waals surface area contributed by atoms with Gasteiger partial charge in [-0.05, 0) is 35.9 Å². The van der Waals surface area contributed by atoms with Crippen molar-refractivity contribution in [2.75, 3.05) is 0 Å². The van der Waals surface area contributed by atoms with Gasteiger partial charge in [-0.15, -0.1) is 0 Å². The minimum atomic E-state index is -1.10. The first kappa shape index (κ1) is 19.2. The molecule has 3 aromatic carbocycles. The zero-order valence-electron chi connectivity index (χ0n) is 15.2. The standard InChI is InChI=1S/C23H16Cl2N2O2/c24-17-9-4-8-16(13-17)22-21(23(28)29)26-20(12-15-6-2-1-3-7-15)27(22)19-11-5-10-18(25)14-19/h1-11,13-14H,12H2,(H,28,29). The van der Waals surface area contributed by atoms with Crippen molar-refractivity contribution in [3.05, 3.63) is 106 Å². The lowest BCUT2D eigenvalue weighted by molar-refractivity contribution is 0.0692. The lowest BCUT2D eigenvalue weighted by Crippen LogP contribution is -2.05. The van der Waals surface area contributed by atoms with Crippen molar-refractivity contribution < 1.29 is 9.90 Å². The minimum absolute atomic E-state index is 0.0295. The Balaban J connectivity index is 2.00. The summed E-state index contributed by atoms with van der Waals surface area (Å²) in [6, 6.07) is 24.1. The summed E-state index contributed by atoms with van der Waals surface area (Å²) in [4.78, 5) is 16.6. The predicted molar refractivity (Wildman–Crippen MR) is 115 cm³/mol. The summed E-state index contributed by atoms with van der Waals surface area (Å²) in [5, 5.41) is 10.9. The number of hydrogen-bond acceptors (Lipinski definition) is 2. The van der Waals surface area contributed by atoms with Crippen LogP contribution in [-0.2, 0) is 6.42 Å². The summed E-state index contributed by atoms with van der Waals surface area (Å²) in [5.41, 5.74) is 2.86. The van der Waals surface area contributed by atoms with E-state index in [1.54, 1.807) is 30.3 Å². The van der Waals surface area contributed by atoms with Crippen molar-refractivity contribution in [3.63, 3.8) is 0 Å². The average Bonchev–Trinajstić information content (AvgIpc) is 3.08. The predicted octanol–water partition coefficient (Wildman–Crippen LogP) is 6.14. The fraction of sp³-hybridized carbons (Fsp3) is 0.0435. The molecule has 144 valence electrons. The molecule has 0 fully saturated rings. The minimum Gasteiger partial charge on any atom is -0.476 e. The first-order valence-electron chi connectivity index (χ1n) is 8.93. The van der Waals surface area contributed by atoms with E-state index in [4.69, 9.17) is 23.2 Å². The number of halogens is 2. The third-order valence-electron chi connectivity index (χ3n) is 4.52. The number of carbonyl (C=O) groups is 1. The number of carboxylic acids is 1. The average molecular weight is 423 g/mol. The van der Waals surface area contributed by atoms with Crippen LogP contribution in [0.1, 0.15) is 21.9 Å². The van der Waals surface area contributed by atoms with Gasteiger partial charge in [0.05, 0.1) is 5.69 Å². The van der Waals surface area contributed by atoms with E-state index in [1.165, 1.54) is 0 Å². The molecule has 6 heteroatoms. The van der Waals surface area contributed by atoms with Gasteiger partial charge >= 0.3 is 5.97 Å². The second kappa shape index (κ2) is 8.11. The lowest BCUT2D eigenvalue weighted by atomic mass is 10.1. The van der Waals surface area contributed by atoms with E-state index in [9.17, 15) is 9.90 Å². The van der Waals surface area contributed by atoms with Crippen molar-refractivity contribution in [2.45, 2.75) is 6.42 Å². The van der Waals surface area contributed by atoms with Crippen LogP contribution in [0.4, 0.5) is 0 Å². The van der Waals surface area contributed by atoms with Gasteiger partial charge in [0.1, 0.15) is 5.82 Å². The Kier molecular flexibility index (Phi) is 5.38. The first-order valence-corrected chi connectivity index (χ1v) is 9.69. The van der Waals surface area contributed by atoms with E-state index in [2.05, 4.69) is 4.98 Å². The number of aromatic carboxylic acids is 1. The molecule has 0 aliphatic rings. The molecule has 29 heavy (non-hydrogen) atoms. The molecule has 0 unspecified atom stereocenters. The van der Waals surface area contributed by atoms with Crippen LogP contribution in [0, 0.1) is 0 Å². The molecule has 0 saturated heterocycles. The Bertz CT molecular complexity index is 1190. The molecule has 4 rings (SSSR count). The van der Waals surface area contributed by atoms with Crippen LogP contribution in [0.2, 0.25) is 10.0 Å². The van der Waals surface area contributed by atoms with Crippen LogP contribution in [-0.4, -0.2) is 20.6 Å². The lowest BCUT2D eigenvalue weighted by Gasteiger charge is -2.13. The molecule has 1 aromatic heterocycles. The topological polar surface area (TPSA) is 55.1 Å².